The SMILES string of the molecule is CCCNCC1CCCN(CCC)C1. The van der Waals surface area contributed by atoms with E-state index in [0.29, 0.717) is 0 Å². The van der Waals surface area contributed by atoms with Crippen LogP contribution in [0.3, 0.4) is 0 Å². The Balaban J connectivity index is 2.12. The normalized spacial score (nSPS) is 24.0. The molecule has 0 aromatic rings. The quantitative estimate of drug-likeness (QED) is 0.658. The van der Waals surface area contributed by atoms with Crippen LogP contribution in [0.5, 0.6) is 0 Å². The van der Waals surface area contributed by atoms with E-state index >= 15 is 0 Å². The molecule has 1 aliphatic heterocycles. The first-order chi connectivity index (χ1) is 6.86. The van der Waals surface area contributed by atoms with Crippen LogP contribution in [0.15, 0.2) is 0 Å². The molecule has 1 saturated heterocycles. The maximum absolute atomic E-state index is 3.54. The van der Waals surface area contributed by atoms with Crippen molar-refractivity contribution in [1.29, 1.82) is 0 Å². The van der Waals surface area contributed by atoms with Crippen molar-refractivity contribution in [3.8, 4) is 0 Å². The average Bonchev–Trinajstić information content (AvgIpc) is 2.19. The number of nitrogens with zero attached hydrogens (tertiary/aromatic N) is 1. The molecule has 2 heteroatoms. The third-order valence-corrected chi connectivity index (χ3v) is 3.00. The second-order valence-corrected chi connectivity index (χ2v) is 4.51. The molecular formula is C12H26N2. The molecule has 84 valence electrons. The van der Waals surface area contributed by atoms with Gasteiger partial charge in [-0.2, -0.15) is 0 Å². The van der Waals surface area contributed by atoms with E-state index in [-0.39, 0.29) is 0 Å². The summed E-state index contributed by atoms with van der Waals surface area (Å²) < 4.78 is 0. The van der Waals surface area contributed by atoms with E-state index in [1.54, 1.807) is 0 Å². The Morgan fingerprint density at radius 3 is 2.86 bits per heavy atom. The number of piperidine rings is 1. The molecule has 0 aliphatic carbocycles. The molecule has 0 saturated carbocycles. The van der Waals surface area contributed by atoms with Gasteiger partial charge in [0.2, 0.25) is 0 Å². The second-order valence-electron chi connectivity index (χ2n) is 4.51. The van der Waals surface area contributed by atoms with Crippen molar-refractivity contribution in [3.05, 3.63) is 0 Å². The van der Waals surface area contributed by atoms with Gasteiger partial charge in [0.05, 0.1) is 0 Å². The fraction of sp³-hybridized carbons (Fsp3) is 1.00. The average molecular weight is 198 g/mol. The zero-order chi connectivity index (χ0) is 10.2. The molecule has 0 aromatic heterocycles. The van der Waals surface area contributed by atoms with Gasteiger partial charge in [-0.3, -0.25) is 0 Å². The summed E-state index contributed by atoms with van der Waals surface area (Å²) in [6, 6.07) is 0. The molecular weight excluding hydrogens is 172 g/mol. The van der Waals surface area contributed by atoms with Gasteiger partial charge in [0.1, 0.15) is 0 Å². The van der Waals surface area contributed by atoms with Crippen LogP contribution in [0, 0.1) is 5.92 Å². The summed E-state index contributed by atoms with van der Waals surface area (Å²) in [5, 5.41) is 3.54. The zero-order valence-corrected chi connectivity index (χ0v) is 9.89. The molecule has 1 N–H and O–H groups in total. The Morgan fingerprint density at radius 1 is 1.29 bits per heavy atom. The number of rotatable bonds is 6. The van der Waals surface area contributed by atoms with E-state index in [1.165, 1.54) is 58.4 Å². The first kappa shape index (κ1) is 12.0. The number of hydrogen-bond donors (Lipinski definition) is 1. The van der Waals surface area contributed by atoms with E-state index in [2.05, 4.69) is 24.1 Å². The third-order valence-electron chi connectivity index (χ3n) is 3.00. The van der Waals surface area contributed by atoms with Crippen molar-refractivity contribution in [2.45, 2.75) is 39.5 Å². The number of nitrogens with one attached hydrogen (secondary N) is 1. The van der Waals surface area contributed by atoms with Crippen molar-refractivity contribution >= 4 is 0 Å². The lowest BCUT2D eigenvalue weighted by Gasteiger charge is -2.32. The molecule has 2 nitrogen and oxygen atoms in total. The van der Waals surface area contributed by atoms with E-state index in [1.807, 2.05) is 0 Å². The molecule has 1 rings (SSSR count). The summed E-state index contributed by atoms with van der Waals surface area (Å²) in [5.41, 5.74) is 0. The first-order valence-corrected chi connectivity index (χ1v) is 6.29. The van der Waals surface area contributed by atoms with E-state index < -0.39 is 0 Å². The third kappa shape index (κ3) is 4.43. The topological polar surface area (TPSA) is 15.3 Å². The lowest BCUT2D eigenvalue weighted by atomic mass is 9.98. The van der Waals surface area contributed by atoms with Crippen LogP contribution in [-0.4, -0.2) is 37.6 Å². The monoisotopic (exact) mass is 198 g/mol. The highest BCUT2D eigenvalue weighted by molar-refractivity contribution is 4.74. The summed E-state index contributed by atoms with van der Waals surface area (Å²) >= 11 is 0. The zero-order valence-electron chi connectivity index (χ0n) is 9.89. The molecule has 0 radical (unpaired) electrons. The molecule has 1 atom stereocenters. The van der Waals surface area contributed by atoms with Gasteiger partial charge in [-0.05, 0) is 57.8 Å². The van der Waals surface area contributed by atoms with Crippen molar-refractivity contribution in [1.82, 2.24) is 10.2 Å². The second kappa shape index (κ2) is 7.24. The van der Waals surface area contributed by atoms with E-state index in [0.717, 1.165) is 5.92 Å². The number of hydrogen-bond acceptors (Lipinski definition) is 2. The van der Waals surface area contributed by atoms with Crippen LogP contribution >= 0.6 is 0 Å². The fourth-order valence-electron chi connectivity index (χ4n) is 2.32. The maximum atomic E-state index is 3.54. The van der Waals surface area contributed by atoms with E-state index in [9.17, 15) is 0 Å². The Bertz CT molecular complexity index is 134. The molecule has 1 unspecified atom stereocenters. The fourth-order valence-corrected chi connectivity index (χ4v) is 2.32. The summed E-state index contributed by atoms with van der Waals surface area (Å²) in [7, 11) is 0. The molecule has 1 aliphatic rings. The van der Waals surface area contributed by atoms with Gasteiger partial charge >= 0.3 is 0 Å². The highest BCUT2D eigenvalue weighted by Gasteiger charge is 2.18. The van der Waals surface area contributed by atoms with E-state index in [4.69, 9.17) is 0 Å². The summed E-state index contributed by atoms with van der Waals surface area (Å²) in [5.74, 6) is 0.904. The van der Waals surface area contributed by atoms with Crippen LogP contribution in [0.25, 0.3) is 0 Å². The Labute approximate surface area is 89.1 Å². The molecule has 0 bridgehead atoms. The molecule has 1 heterocycles. The molecule has 14 heavy (non-hydrogen) atoms. The summed E-state index contributed by atoms with van der Waals surface area (Å²) in [4.78, 5) is 2.63. The van der Waals surface area contributed by atoms with Crippen LogP contribution < -0.4 is 5.32 Å². The molecule has 0 amide bonds. The van der Waals surface area contributed by atoms with Gasteiger partial charge in [0, 0.05) is 6.54 Å². The van der Waals surface area contributed by atoms with Gasteiger partial charge < -0.3 is 10.2 Å². The van der Waals surface area contributed by atoms with Gasteiger partial charge in [0.15, 0.2) is 0 Å². The minimum Gasteiger partial charge on any atom is -0.316 e. The van der Waals surface area contributed by atoms with Crippen molar-refractivity contribution in [2.24, 2.45) is 5.92 Å². The van der Waals surface area contributed by atoms with Crippen LogP contribution in [0.2, 0.25) is 0 Å². The predicted octanol–water partition coefficient (Wildman–Crippen LogP) is 2.11. The Hall–Kier alpha value is -0.0800. The Morgan fingerprint density at radius 2 is 2.14 bits per heavy atom. The summed E-state index contributed by atoms with van der Waals surface area (Å²) in [6.07, 6.45) is 5.38. The van der Waals surface area contributed by atoms with Crippen LogP contribution in [0.1, 0.15) is 39.5 Å². The van der Waals surface area contributed by atoms with Gasteiger partial charge in [-0.1, -0.05) is 13.8 Å². The number of likely N-dealkylation sites (tertiary alicyclic amines) is 1. The molecule has 1 fully saturated rings. The smallest absolute Gasteiger partial charge is 0.00218 e. The highest BCUT2D eigenvalue weighted by Crippen LogP contribution is 2.15. The minimum atomic E-state index is 0.904. The maximum Gasteiger partial charge on any atom is 0.00218 e. The van der Waals surface area contributed by atoms with Crippen molar-refractivity contribution in [2.75, 3.05) is 32.7 Å². The van der Waals surface area contributed by atoms with Gasteiger partial charge in [0.25, 0.3) is 0 Å². The van der Waals surface area contributed by atoms with Crippen molar-refractivity contribution in [3.63, 3.8) is 0 Å². The standard InChI is InChI=1S/C12H26N2/c1-3-7-13-10-12-6-5-9-14(11-12)8-4-2/h12-13H,3-11H2,1-2H3. The lowest BCUT2D eigenvalue weighted by Crippen LogP contribution is -2.40. The Kier molecular flexibility index (Phi) is 6.20. The molecule has 0 aromatic carbocycles. The van der Waals surface area contributed by atoms with Crippen molar-refractivity contribution < 1.29 is 0 Å². The van der Waals surface area contributed by atoms with Crippen LogP contribution in [-0.2, 0) is 0 Å². The van der Waals surface area contributed by atoms with Crippen LogP contribution in [0.4, 0.5) is 0 Å². The van der Waals surface area contributed by atoms with Gasteiger partial charge in [-0.25, -0.2) is 0 Å². The largest absolute Gasteiger partial charge is 0.316 e. The predicted molar refractivity (Wildman–Crippen MR) is 62.6 cm³/mol. The summed E-state index contributed by atoms with van der Waals surface area (Å²) in [6.45, 7) is 10.9. The minimum absolute atomic E-state index is 0.904. The molecule has 0 spiro atoms. The first-order valence-electron chi connectivity index (χ1n) is 6.29. The van der Waals surface area contributed by atoms with Gasteiger partial charge in [-0.15, -0.1) is 0 Å². The highest BCUT2D eigenvalue weighted by atomic mass is 15.1. The lowest BCUT2D eigenvalue weighted by molar-refractivity contribution is 0.173.